The summed E-state index contributed by atoms with van der Waals surface area (Å²) >= 11 is 0. The topological polar surface area (TPSA) is 84.3 Å². The Kier molecular flexibility index (Phi) is 8.85. The minimum absolute atomic E-state index is 0.0712. The molecule has 4 aromatic rings. The quantitative estimate of drug-likeness (QED) is 0.183. The van der Waals surface area contributed by atoms with Crippen molar-refractivity contribution in [2.45, 2.75) is 39.1 Å². The van der Waals surface area contributed by atoms with Crippen LogP contribution in [0.3, 0.4) is 0 Å². The van der Waals surface area contributed by atoms with Crippen molar-refractivity contribution in [3.63, 3.8) is 0 Å². The molecule has 0 aliphatic carbocycles. The van der Waals surface area contributed by atoms with Gasteiger partial charge in [0.2, 0.25) is 5.88 Å². The highest BCUT2D eigenvalue weighted by atomic mass is 19.4. The van der Waals surface area contributed by atoms with E-state index in [1.54, 1.807) is 24.3 Å². The standard InChI is InChI=1S/C28H29F3N6O/c1-19(2)25(32-16-15-20-9-4-3-5-10-20)24-14-8-11-21(34-24)17-38-27-23-13-7-6-12-22(23)26(36-37-27)35-33-18-28(29,30)31/h3-14,18-19,25,32H,15-17H2,1-2H3,(H,35,36)/b33-18+. The first-order valence-corrected chi connectivity index (χ1v) is 12.3. The van der Waals surface area contributed by atoms with Crippen LogP contribution < -0.4 is 15.5 Å². The van der Waals surface area contributed by atoms with Gasteiger partial charge in [-0.25, -0.2) is 0 Å². The number of alkyl halides is 3. The molecular weight excluding hydrogens is 493 g/mol. The second-order valence-corrected chi connectivity index (χ2v) is 9.06. The molecule has 0 saturated heterocycles. The largest absolute Gasteiger partial charge is 0.470 e. The predicted molar refractivity (Wildman–Crippen MR) is 142 cm³/mol. The molecule has 2 aromatic heterocycles. The number of benzene rings is 2. The molecule has 7 nitrogen and oxygen atoms in total. The molecule has 0 spiro atoms. The lowest BCUT2D eigenvalue weighted by atomic mass is 9.99. The van der Waals surface area contributed by atoms with E-state index in [0.29, 0.717) is 16.7 Å². The van der Waals surface area contributed by atoms with E-state index in [9.17, 15) is 13.2 Å². The lowest BCUT2D eigenvalue weighted by Gasteiger charge is -2.22. The van der Waals surface area contributed by atoms with Crippen LogP contribution in [-0.4, -0.2) is 34.1 Å². The van der Waals surface area contributed by atoms with Gasteiger partial charge in [0.05, 0.1) is 17.4 Å². The third-order valence-electron chi connectivity index (χ3n) is 5.83. The average molecular weight is 523 g/mol. The zero-order chi connectivity index (χ0) is 27.0. The van der Waals surface area contributed by atoms with Crippen LogP contribution in [0.25, 0.3) is 10.8 Å². The summed E-state index contributed by atoms with van der Waals surface area (Å²) in [6.07, 6.45) is -3.76. The molecule has 0 saturated carbocycles. The van der Waals surface area contributed by atoms with Gasteiger partial charge in [0.25, 0.3) is 0 Å². The Morgan fingerprint density at radius 2 is 1.66 bits per heavy atom. The highest BCUT2D eigenvalue weighted by Crippen LogP contribution is 2.28. The molecule has 0 aliphatic rings. The predicted octanol–water partition coefficient (Wildman–Crippen LogP) is 6.09. The lowest BCUT2D eigenvalue weighted by Crippen LogP contribution is -2.28. The number of anilines is 1. The third kappa shape index (κ3) is 7.48. The Balaban J connectivity index is 1.45. The maximum atomic E-state index is 12.4. The molecule has 1 unspecified atom stereocenters. The normalized spacial score (nSPS) is 12.8. The van der Waals surface area contributed by atoms with E-state index in [-0.39, 0.29) is 30.6 Å². The van der Waals surface area contributed by atoms with E-state index < -0.39 is 6.18 Å². The summed E-state index contributed by atoms with van der Waals surface area (Å²) in [7, 11) is 0. The van der Waals surface area contributed by atoms with Gasteiger partial charge in [-0.2, -0.15) is 18.3 Å². The zero-order valence-electron chi connectivity index (χ0n) is 21.1. The number of hydrogen-bond donors (Lipinski definition) is 2. The van der Waals surface area contributed by atoms with Crippen LogP contribution in [0, 0.1) is 5.92 Å². The minimum atomic E-state index is -4.53. The van der Waals surface area contributed by atoms with Crippen molar-refractivity contribution >= 4 is 22.8 Å². The minimum Gasteiger partial charge on any atom is -0.470 e. The van der Waals surface area contributed by atoms with Crippen molar-refractivity contribution in [2.75, 3.05) is 12.0 Å². The number of fused-ring (bicyclic) bond motifs is 1. The Labute approximate surface area is 219 Å². The number of hydrazone groups is 1. The van der Waals surface area contributed by atoms with Gasteiger partial charge in [-0.3, -0.25) is 10.4 Å². The highest BCUT2D eigenvalue weighted by Gasteiger charge is 2.24. The monoisotopic (exact) mass is 522 g/mol. The Morgan fingerprint density at radius 1 is 0.921 bits per heavy atom. The molecule has 2 aromatic carbocycles. The van der Waals surface area contributed by atoms with Gasteiger partial charge in [0.1, 0.15) is 12.8 Å². The van der Waals surface area contributed by atoms with Gasteiger partial charge in [-0.05, 0) is 42.6 Å². The number of halogens is 3. The van der Waals surface area contributed by atoms with Crippen molar-refractivity contribution < 1.29 is 17.9 Å². The van der Waals surface area contributed by atoms with E-state index in [1.807, 2.05) is 36.4 Å². The SMILES string of the molecule is CC(C)C(NCCc1ccccc1)c1cccc(COc2nnc(N/N=C/C(F)(F)F)c3ccccc23)n1. The second-order valence-electron chi connectivity index (χ2n) is 9.06. The van der Waals surface area contributed by atoms with Crippen LogP contribution in [0.5, 0.6) is 5.88 Å². The zero-order valence-corrected chi connectivity index (χ0v) is 21.1. The molecule has 1 atom stereocenters. The molecule has 38 heavy (non-hydrogen) atoms. The van der Waals surface area contributed by atoms with Crippen LogP contribution in [0.2, 0.25) is 0 Å². The van der Waals surface area contributed by atoms with E-state index in [0.717, 1.165) is 24.4 Å². The molecule has 4 rings (SSSR count). The molecule has 0 aliphatic heterocycles. The highest BCUT2D eigenvalue weighted by molar-refractivity contribution is 5.94. The fraction of sp³-hybridized carbons (Fsp3) is 0.286. The van der Waals surface area contributed by atoms with E-state index in [1.165, 1.54) is 5.56 Å². The van der Waals surface area contributed by atoms with Gasteiger partial charge in [-0.15, -0.1) is 10.2 Å². The number of hydrogen-bond acceptors (Lipinski definition) is 7. The lowest BCUT2D eigenvalue weighted by molar-refractivity contribution is -0.0536. The van der Waals surface area contributed by atoms with Gasteiger partial charge in [0.15, 0.2) is 5.82 Å². The van der Waals surface area contributed by atoms with Gasteiger partial charge in [-0.1, -0.05) is 68.4 Å². The van der Waals surface area contributed by atoms with Crippen LogP contribution in [0.15, 0.2) is 77.9 Å². The van der Waals surface area contributed by atoms with Crippen LogP contribution in [0.4, 0.5) is 19.0 Å². The molecule has 2 N–H and O–H groups in total. The molecule has 0 fully saturated rings. The maximum absolute atomic E-state index is 12.4. The molecule has 0 bridgehead atoms. The molecule has 0 radical (unpaired) electrons. The van der Waals surface area contributed by atoms with Crippen molar-refractivity contribution in [1.29, 1.82) is 0 Å². The van der Waals surface area contributed by atoms with Crippen LogP contribution in [-0.2, 0) is 13.0 Å². The summed E-state index contributed by atoms with van der Waals surface area (Å²) < 4.78 is 43.1. The molecular formula is C28H29F3N6O. The summed E-state index contributed by atoms with van der Waals surface area (Å²) in [6, 6.07) is 23.2. The van der Waals surface area contributed by atoms with Gasteiger partial charge in [0, 0.05) is 10.8 Å². The molecule has 198 valence electrons. The van der Waals surface area contributed by atoms with Crippen LogP contribution >= 0.6 is 0 Å². The first-order chi connectivity index (χ1) is 18.3. The summed E-state index contributed by atoms with van der Waals surface area (Å²) in [4.78, 5) is 4.82. The van der Waals surface area contributed by atoms with E-state index in [4.69, 9.17) is 9.72 Å². The first kappa shape index (κ1) is 27.0. The number of rotatable bonds is 11. The Bertz CT molecular complexity index is 1360. The fourth-order valence-corrected chi connectivity index (χ4v) is 4.03. The van der Waals surface area contributed by atoms with Crippen molar-refractivity contribution in [3.05, 3.63) is 89.7 Å². The number of aromatic nitrogens is 3. The van der Waals surface area contributed by atoms with Crippen molar-refractivity contribution in [3.8, 4) is 5.88 Å². The second kappa shape index (κ2) is 12.5. The summed E-state index contributed by atoms with van der Waals surface area (Å²) in [5, 5.41) is 16.0. The first-order valence-electron chi connectivity index (χ1n) is 12.3. The van der Waals surface area contributed by atoms with Gasteiger partial charge < -0.3 is 10.1 Å². The Morgan fingerprint density at radius 3 is 2.39 bits per heavy atom. The molecule has 0 amide bonds. The molecule has 10 heteroatoms. The van der Waals surface area contributed by atoms with E-state index in [2.05, 4.69) is 52.0 Å². The average Bonchev–Trinajstić information content (AvgIpc) is 2.90. The van der Waals surface area contributed by atoms with Crippen molar-refractivity contribution in [2.24, 2.45) is 11.0 Å². The number of nitrogens with one attached hydrogen (secondary N) is 2. The van der Waals surface area contributed by atoms with Crippen LogP contribution in [0.1, 0.15) is 36.8 Å². The molecule has 2 heterocycles. The third-order valence-corrected chi connectivity index (χ3v) is 5.83. The fourth-order valence-electron chi connectivity index (χ4n) is 4.03. The number of pyridine rings is 1. The number of ether oxygens (including phenoxy) is 1. The van der Waals surface area contributed by atoms with E-state index >= 15 is 0 Å². The summed E-state index contributed by atoms with van der Waals surface area (Å²) in [6.45, 7) is 5.28. The summed E-state index contributed by atoms with van der Waals surface area (Å²) in [5.41, 5.74) is 5.23. The Hall–Kier alpha value is -4.05. The van der Waals surface area contributed by atoms with Gasteiger partial charge >= 0.3 is 6.18 Å². The maximum Gasteiger partial charge on any atom is 0.428 e. The van der Waals surface area contributed by atoms with Crippen molar-refractivity contribution in [1.82, 2.24) is 20.5 Å². The number of nitrogens with zero attached hydrogens (tertiary/aromatic N) is 4. The smallest absolute Gasteiger partial charge is 0.428 e. The summed E-state index contributed by atoms with van der Waals surface area (Å²) in [5.74, 6) is 0.666.